The fraction of sp³-hybridized carbons (Fsp3) is 0.217. The molecule has 5 rings (SSSR count). The number of anilines is 1. The smallest absolute Gasteiger partial charge is 0.153 e. The molecule has 0 aliphatic carbocycles. The number of nitrogens with one attached hydrogen (secondary N) is 1. The third-order valence-corrected chi connectivity index (χ3v) is 5.77. The van der Waals surface area contributed by atoms with Gasteiger partial charge in [-0.2, -0.15) is 0 Å². The van der Waals surface area contributed by atoms with Gasteiger partial charge in [-0.15, -0.1) is 0 Å². The Kier molecular flexibility index (Phi) is 4.66. The highest BCUT2D eigenvalue weighted by Gasteiger charge is 2.31. The molecule has 1 saturated heterocycles. The van der Waals surface area contributed by atoms with Crippen LogP contribution in [0.5, 0.6) is 0 Å². The van der Waals surface area contributed by atoms with Gasteiger partial charge in [-0.05, 0) is 36.7 Å². The van der Waals surface area contributed by atoms with E-state index in [2.05, 4.69) is 19.9 Å². The molecule has 0 atom stereocenters. The molecule has 158 valence electrons. The van der Waals surface area contributed by atoms with Crippen LogP contribution in [0.25, 0.3) is 33.5 Å². The van der Waals surface area contributed by atoms with Crippen molar-refractivity contribution in [2.75, 3.05) is 24.5 Å². The third-order valence-electron chi connectivity index (χ3n) is 5.77. The first-order valence-electron chi connectivity index (χ1n) is 9.99. The summed E-state index contributed by atoms with van der Waals surface area (Å²) in [6.07, 6.45) is 3.31. The molecule has 0 amide bonds. The Labute approximate surface area is 176 Å². The summed E-state index contributed by atoms with van der Waals surface area (Å²) in [4.78, 5) is 13.8. The zero-order chi connectivity index (χ0) is 21.7. The predicted octanol–water partition coefficient (Wildman–Crippen LogP) is 4.41. The average molecular weight is 423 g/mol. The molecule has 31 heavy (non-hydrogen) atoms. The summed E-state index contributed by atoms with van der Waals surface area (Å²) in [5.41, 5.74) is 9.52. The van der Waals surface area contributed by atoms with Gasteiger partial charge in [0.2, 0.25) is 0 Å². The van der Waals surface area contributed by atoms with Crippen LogP contribution in [0, 0.1) is 30.3 Å². The number of nitrogens with zero attached hydrogens (tertiary/aromatic N) is 3. The van der Waals surface area contributed by atoms with Crippen LogP contribution in [0.2, 0.25) is 0 Å². The Morgan fingerprint density at radius 3 is 2.58 bits per heavy atom. The number of aromatic amines is 1. The zero-order valence-corrected chi connectivity index (χ0v) is 16.8. The van der Waals surface area contributed by atoms with Crippen LogP contribution >= 0.6 is 0 Å². The van der Waals surface area contributed by atoms with Gasteiger partial charge in [-0.3, -0.25) is 4.98 Å². The standard InChI is InChI=1S/C23H20F3N5/c1-12-2-3-14(4-18(12)25)16-8-28-9-17(22(16)31-10-13(7-27)11-31)23-29-20-6-15(24)5-19(26)21(20)30-23/h2-6,8-9,13H,7,10-11,27H2,1H3,(H,29,30). The van der Waals surface area contributed by atoms with Crippen molar-refractivity contribution in [1.29, 1.82) is 0 Å². The minimum atomic E-state index is -0.740. The fourth-order valence-corrected chi connectivity index (χ4v) is 4.01. The molecule has 0 saturated carbocycles. The second-order valence-corrected chi connectivity index (χ2v) is 7.92. The summed E-state index contributed by atoms with van der Waals surface area (Å²) in [5.74, 6) is -1.01. The number of aryl methyl sites for hydroxylation is 1. The monoisotopic (exact) mass is 423 g/mol. The molecule has 3 N–H and O–H groups in total. The maximum Gasteiger partial charge on any atom is 0.153 e. The first kappa shape index (κ1) is 19.6. The normalized spacial score (nSPS) is 14.3. The third kappa shape index (κ3) is 3.33. The number of hydrogen-bond donors (Lipinski definition) is 2. The van der Waals surface area contributed by atoms with Crippen LogP contribution in [0.1, 0.15) is 5.56 Å². The minimum Gasteiger partial charge on any atom is -0.370 e. The Morgan fingerprint density at radius 2 is 1.84 bits per heavy atom. The maximum atomic E-state index is 14.3. The van der Waals surface area contributed by atoms with Gasteiger partial charge in [0.25, 0.3) is 0 Å². The summed E-state index contributed by atoms with van der Waals surface area (Å²) >= 11 is 0. The molecule has 2 aromatic carbocycles. The molecule has 1 fully saturated rings. The van der Waals surface area contributed by atoms with E-state index in [0.29, 0.717) is 35.0 Å². The first-order valence-corrected chi connectivity index (χ1v) is 9.99. The molecular formula is C23H20F3N5. The van der Waals surface area contributed by atoms with Crippen molar-refractivity contribution in [2.24, 2.45) is 11.7 Å². The lowest BCUT2D eigenvalue weighted by molar-refractivity contribution is 0.421. The van der Waals surface area contributed by atoms with Gasteiger partial charge in [0.15, 0.2) is 5.82 Å². The molecule has 5 nitrogen and oxygen atoms in total. The number of fused-ring (bicyclic) bond motifs is 1. The second-order valence-electron chi connectivity index (χ2n) is 7.92. The van der Waals surface area contributed by atoms with E-state index in [1.165, 1.54) is 12.1 Å². The van der Waals surface area contributed by atoms with E-state index >= 15 is 0 Å². The van der Waals surface area contributed by atoms with Gasteiger partial charge >= 0.3 is 0 Å². The highest BCUT2D eigenvalue weighted by Crippen LogP contribution is 2.41. The SMILES string of the molecule is Cc1ccc(-c2cncc(-c3nc4c(F)cc(F)cc4[nH]3)c2N2CC(CN)C2)cc1F. The highest BCUT2D eigenvalue weighted by atomic mass is 19.1. The van der Waals surface area contributed by atoms with Gasteiger partial charge in [-0.25, -0.2) is 18.2 Å². The van der Waals surface area contributed by atoms with Crippen LogP contribution in [0.15, 0.2) is 42.7 Å². The fourth-order valence-electron chi connectivity index (χ4n) is 4.01. The number of nitrogens with two attached hydrogens (primary N) is 1. The van der Waals surface area contributed by atoms with Crippen molar-refractivity contribution in [1.82, 2.24) is 15.0 Å². The number of H-pyrrole nitrogens is 1. The molecule has 0 bridgehead atoms. The van der Waals surface area contributed by atoms with Gasteiger partial charge < -0.3 is 15.6 Å². The molecule has 1 aliphatic heterocycles. The number of rotatable bonds is 4. The number of hydrogen-bond acceptors (Lipinski definition) is 4. The maximum absolute atomic E-state index is 14.3. The molecule has 0 spiro atoms. The molecule has 0 unspecified atom stereocenters. The second kappa shape index (κ2) is 7.39. The van der Waals surface area contributed by atoms with Crippen molar-refractivity contribution in [2.45, 2.75) is 6.92 Å². The number of halogens is 3. The van der Waals surface area contributed by atoms with Crippen molar-refractivity contribution in [3.8, 4) is 22.5 Å². The zero-order valence-electron chi connectivity index (χ0n) is 16.8. The number of imidazole rings is 1. The Bertz CT molecular complexity index is 1290. The van der Waals surface area contributed by atoms with Crippen LogP contribution in [-0.2, 0) is 0 Å². The van der Waals surface area contributed by atoms with Crippen LogP contribution < -0.4 is 10.6 Å². The Morgan fingerprint density at radius 1 is 1.06 bits per heavy atom. The molecule has 8 heteroatoms. The van der Waals surface area contributed by atoms with Crippen LogP contribution in [0.3, 0.4) is 0 Å². The van der Waals surface area contributed by atoms with Crippen molar-refractivity contribution < 1.29 is 13.2 Å². The average Bonchev–Trinajstić information content (AvgIpc) is 3.13. The van der Waals surface area contributed by atoms with E-state index in [9.17, 15) is 13.2 Å². The van der Waals surface area contributed by atoms with Crippen molar-refractivity contribution >= 4 is 16.7 Å². The Balaban J connectivity index is 1.70. The van der Waals surface area contributed by atoms with E-state index in [0.717, 1.165) is 30.4 Å². The van der Waals surface area contributed by atoms with Crippen molar-refractivity contribution in [3.05, 3.63) is 65.7 Å². The highest BCUT2D eigenvalue weighted by molar-refractivity contribution is 5.91. The summed E-state index contributed by atoms with van der Waals surface area (Å²) in [5, 5.41) is 0. The first-order chi connectivity index (χ1) is 14.9. The van der Waals surface area contributed by atoms with Gasteiger partial charge in [0.1, 0.15) is 23.0 Å². The molecule has 4 aromatic rings. The summed E-state index contributed by atoms with van der Waals surface area (Å²) < 4.78 is 42.2. The molecule has 1 aliphatic rings. The topological polar surface area (TPSA) is 70.8 Å². The van der Waals surface area contributed by atoms with Gasteiger partial charge in [0.05, 0.1) is 16.8 Å². The van der Waals surface area contributed by atoms with E-state index in [1.807, 2.05) is 6.07 Å². The minimum absolute atomic E-state index is 0.0533. The van der Waals surface area contributed by atoms with Crippen LogP contribution in [0.4, 0.5) is 18.9 Å². The predicted molar refractivity (Wildman–Crippen MR) is 114 cm³/mol. The molecule has 0 radical (unpaired) electrons. The van der Waals surface area contributed by atoms with Crippen LogP contribution in [-0.4, -0.2) is 34.6 Å². The molecule has 3 heterocycles. The Hall–Kier alpha value is -3.39. The van der Waals surface area contributed by atoms with Gasteiger partial charge in [-0.1, -0.05) is 12.1 Å². The largest absolute Gasteiger partial charge is 0.370 e. The summed E-state index contributed by atoms with van der Waals surface area (Å²) in [7, 11) is 0. The van der Waals surface area contributed by atoms with E-state index in [-0.39, 0.29) is 16.9 Å². The van der Waals surface area contributed by atoms with E-state index < -0.39 is 11.6 Å². The lowest BCUT2D eigenvalue weighted by atomic mass is 9.94. The lowest BCUT2D eigenvalue weighted by Gasteiger charge is -2.42. The number of pyridine rings is 1. The summed E-state index contributed by atoms with van der Waals surface area (Å²) in [6, 6.07) is 7.05. The number of aromatic nitrogens is 3. The van der Waals surface area contributed by atoms with Gasteiger partial charge in [0, 0.05) is 43.0 Å². The summed E-state index contributed by atoms with van der Waals surface area (Å²) in [6.45, 7) is 3.74. The van der Waals surface area contributed by atoms with E-state index in [4.69, 9.17) is 5.73 Å². The number of benzene rings is 2. The quantitative estimate of drug-likeness (QED) is 0.510. The van der Waals surface area contributed by atoms with E-state index in [1.54, 1.807) is 25.4 Å². The van der Waals surface area contributed by atoms with Crippen molar-refractivity contribution in [3.63, 3.8) is 0 Å². The molecule has 2 aromatic heterocycles. The lowest BCUT2D eigenvalue weighted by Crippen LogP contribution is -2.50. The molecular weight excluding hydrogens is 403 g/mol.